The number of halogens is 1. The van der Waals surface area contributed by atoms with E-state index in [1.165, 1.54) is 6.07 Å². The van der Waals surface area contributed by atoms with Gasteiger partial charge >= 0.3 is 5.97 Å². The van der Waals surface area contributed by atoms with Crippen LogP contribution in [0.3, 0.4) is 0 Å². The minimum absolute atomic E-state index is 0.305. The summed E-state index contributed by atoms with van der Waals surface area (Å²) >= 11 is 7.53. The van der Waals surface area contributed by atoms with Gasteiger partial charge in [-0.25, -0.2) is 4.79 Å². The second kappa shape index (κ2) is 5.92. The lowest BCUT2D eigenvalue weighted by Gasteiger charge is -2.09. The molecule has 0 radical (unpaired) electrons. The van der Waals surface area contributed by atoms with Crippen LogP contribution in [0, 0.1) is 11.3 Å². The molecule has 0 unspecified atom stereocenters. The number of hydrogen-bond acceptors (Lipinski definition) is 4. The smallest absolute Gasteiger partial charge is 0.338 e. The van der Waals surface area contributed by atoms with Gasteiger partial charge in [-0.05, 0) is 24.6 Å². The Kier molecular flexibility index (Phi) is 4.84. The van der Waals surface area contributed by atoms with Gasteiger partial charge in [-0.1, -0.05) is 15.9 Å². The SMILES string of the molecule is CCOC(=O)c1cc(C#N)cc(S)c1CBr. The van der Waals surface area contributed by atoms with Crippen molar-refractivity contribution in [2.75, 3.05) is 6.61 Å². The van der Waals surface area contributed by atoms with Crippen LogP contribution in [0.1, 0.15) is 28.4 Å². The Balaban J connectivity index is 3.29. The lowest BCUT2D eigenvalue weighted by atomic mass is 10.1. The number of benzene rings is 1. The largest absolute Gasteiger partial charge is 0.462 e. The number of nitrogens with zero attached hydrogens (tertiary/aromatic N) is 1. The molecule has 0 bridgehead atoms. The molecule has 0 atom stereocenters. The fourth-order valence-electron chi connectivity index (χ4n) is 1.25. The fourth-order valence-corrected chi connectivity index (χ4v) is 2.41. The second-order valence-electron chi connectivity index (χ2n) is 2.99. The molecule has 0 aliphatic rings. The number of rotatable bonds is 3. The van der Waals surface area contributed by atoms with Crippen LogP contribution in [0.2, 0.25) is 0 Å². The molecule has 84 valence electrons. The highest BCUT2D eigenvalue weighted by molar-refractivity contribution is 9.08. The van der Waals surface area contributed by atoms with Gasteiger partial charge in [-0.15, -0.1) is 12.6 Å². The van der Waals surface area contributed by atoms with E-state index < -0.39 is 5.97 Å². The number of carbonyl (C=O) groups excluding carboxylic acids is 1. The molecule has 16 heavy (non-hydrogen) atoms. The quantitative estimate of drug-likeness (QED) is 0.530. The zero-order valence-electron chi connectivity index (χ0n) is 8.66. The first kappa shape index (κ1) is 13.1. The van der Waals surface area contributed by atoms with Gasteiger partial charge in [-0.3, -0.25) is 0 Å². The summed E-state index contributed by atoms with van der Waals surface area (Å²) in [5.41, 5.74) is 1.53. The Morgan fingerprint density at radius 3 is 2.81 bits per heavy atom. The first-order chi connectivity index (χ1) is 7.63. The topological polar surface area (TPSA) is 50.1 Å². The number of alkyl halides is 1. The van der Waals surface area contributed by atoms with E-state index in [-0.39, 0.29) is 0 Å². The van der Waals surface area contributed by atoms with E-state index in [9.17, 15) is 4.79 Å². The molecule has 0 fully saturated rings. The van der Waals surface area contributed by atoms with E-state index >= 15 is 0 Å². The van der Waals surface area contributed by atoms with Crippen molar-refractivity contribution in [2.45, 2.75) is 17.1 Å². The van der Waals surface area contributed by atoms with Crippen LogP contribution in [0.5, 0.6) is 0 Å². The minimum Gasteiger partial charge on any atom is -0.462 e. The molecule has 3 nitrogen and oxygen atoms in total. The first-order valence-electron chi connectivity index (χ1n) is 4.63. The minimum atomic E-state index is -0.427. The zero-order valence-corrected chi connectivity index (χ0v) is 11.1. The third-order valence-corrected chi connectivity index (χ3v) is 2.94. The molecular formula is C11H10BrNO2S. The average molecular weight is 300 g/mol. The summed E-state index contributed by atoms with van der Waals surface area (Å²) in [5.74, 6) is -0.427. The Labute approximate surface area is 108 Å². The summed E-state index contributed by atoms with van der Waals surface area (Å²) in [6.07, 6.45) is 0. The van der Waals surface area contributed by atoms with Crippen LogP contribution >= 0.6 is 28.6 Å². The molecule has 0 aliphatic carbocycles. The Morgan fingerprint density at radius 1 is 1.62 bits per heavy atom. The van der Waals surface area contributed by atoms with E-state index in [4.69, 9.17) is 10.00 Å². The predicted molar refractivity (Wildman–Crippen MR) is 67.0 cm³/mol. The van der Waals surface area contributed by atoms with E-state index in [1.807, 2.05) is 6.07 Å². The molecule has 1 aromatic rings. The number of esters is 1. The molecule has 0 aromatic heterocycles. The Hall–Kier alpha value is -0.990. The molecule has 0 amide bonds. The van der Waals surface area contributed by atoms with Crippen LogP contribution in [-0.4, -0.2) is 12.6 Å². The van der Waals surface area contributed by atoms with Crippen molar-refractivity contribution in [3.63, 3.8) is 0 Å². The van der Waals surface area contributed by atoms with E-state index in [0.717, 1.165) is 5.56 Å². The number of nitriles is 1. The van der Waals surface area contributed by atoms with Gasteiger partial charge in [-0.2, -0.15) is 5.26 Å². The highest BCUT2D eigenvalue weighted by atomic mass is 79.9. The molecule has 5 heteroatoms. The summed E-state index contributed by atoms with van der Waals surface area (Å²) in [7, 11) is 0. The van der Waals surface area contributed by atoms with Crippen molar-refractivity contribution in [1.29, 1.82) is 5.26 Å². The van der Waals surface area contributed by atoms with E-state index in [2.05, 4.69) is 28.6 Å². The predicted octanol–water partition coefficient (Wildman–Crippen LogP) is 2.92. The maximum Gasteiger partial charge on any atom is 0.338 e. The van der Waals surface area contributed by atoms with Crippen LogP contribution in [0.15, 0.2) is 17.0 Å². The van der Waals surface area contributed by atoms with Gasteiger partial charge in [0, 0.05) is 10.2 Å². The Morgan fingerprint density at radius 2 is 2.31 bits per heavy atom. The standard InChI is InChI=1S/C11H10BrNO2S/c1-2-15-11(14)8-3-7(6-13)4-10(16)9(8)5-12/h3-4,16H,2,5H2,1H3. The lowest BCUT2D eigenvalue weighted by molar-refractivity contribution is 0.0525. The van der Waals surface area contributed by atoms with Crippen LogP contribution < -0.4 is 0 Å². The second-order valence-corrected chi connectivity index (χ2v) is 4.03. The summed E-state index contributed by atoms with van der Waals surface area (Å²) in [6, 6.07) is 5.13. The highest BCUT2D eigenvalue weighted by Gasteiger charge is 2.15. The van der Waals surface area contributed by atoms with Gasteiger partial charge < -0.3 is 4.74 Å². The molecule has 0 aliphatic heterocycles. The summed E-state index contributed by atoms with van der Waals surface area (Å²) in [5, 5.41) is 9.31. The average Bonchev–Trinajstić information content (AvgIpc) is 2.28. The van der Waals surface area contributed by atoms with Crippen LogP contribution in [0.25, 0.3) is 0 Å². The number of hydrogen-bond donors (Lipinski definition) is 1. The lowest BCUT2D eigenvalue weighted by Crippen LogP contribution is -2.08. The van der Waals surface area contributed by atoms with Crippen molar-refractivity contribution in [1.82, 2.24) is 0 Å². The fraction of sp³-hybridized carbons (Fsp3) is 0.273. The monoisotopic (exact) mass is 299 g/mol. The molecule has 0 saturated carbocycles. The van der Waals surface area contributed by atoms with Crippen molar-refractivity contribution in [2.24, 2.45) is 0 Å². The zero-order chi connectivity index (χ0) is 12.1. The molecule has 1 rings (SSSR count). The number of carbonyl (C=O) groups is 1. The van der Waals surface area contributed by atoms with E-state index in [1.54, 1.807) is 13.0 Å². The van der Waals surface area contributed by atoms with Crippen LogP contribution in [0.4, 0.5) is 0 Å². The van der Waals surface area contributed by atoms with Gasteiger partial charge in [0.15, 0.2) is 0 Å². The third kappa shape index (κ3) is 2.77. The molecule has 1 aromatic carbocycles. The van der Waals surface area contributed by atoms with Gasteiger partial charge in [0.1, 0.15) is 0 Å². The normalized spacial score (nSPS) is 9.62. The molecule has 0 spiro atoms. The van der Waals surface area contributed by atoms with Crippen molar-refractivity contribution >= 4 is 34.5 Å². The molecule has 0 heterocycles. The number of thiol groups is 1. The molecule has 0 saturated heterocycles. The van der Waals surface area contributed by atoms with Crippen LogP contribution in [-0.2, 0) is 10.1 Å². The summed E-state index contributed by atoms with van der Waals surface area (Å²) < 4.78 is 4.92. The maximum absolute atomic E-state index is 11.7. The maximum atomic E-state index is 11.7. The van der Waals surface area contributed by atoms with Gasteiger partial charge in [0.25, 0.3) is 0 Å². The van der Waals surface area contributed by atoms with Gasteiger partial charge in [0.05, 0.1) is 23.8 Å². The third-order valence-electron chi connectivity index (χ3n) is 1.98. The van der Waals surface area contributed by atoms with Crippen molar-refractivity contribution < 1.29 is 9.53 Å². The summed E-state index contributed by atoms with van der Waals surface area (Å²) in [4.78, 5) is 12.3. The Bertz CT molecular complexity index is 454. The molecule has 0 N–H and O–H groups in total. The molecular weight excluding hydrogens is 290 g/mol. The van der Waals surface area contributed by atoms with Gasteiger partial charge in [0.2, 0.25) is 0 Å². The first-order valence-corrected chi connectivity index (χ1v) is 6.20. The van der Waals surface area contributed by atoms with E-state index in [0.29, 0.717) is 28.0 Å². The van der Waals surface area contributed by atoms with Crippen molar-refractivity contribution in [3.8, 4) is 6.07 Å². The summed E-state index contributed by atoms with van der Waals surface area (Å²) in [6.45, 7) is 2.04. The van der Waals surface area contributed by atoms with Crippen molar-refractivity contribution in [3.05, 3.63) is 28.8 Å². The number of ether oxygens (including phenoxy) is 1. The highest BCUT2D eigenvalue weighted by Crippen LogP contribution is 2.24.